The molecule has 5 heteroatoms. The maximum atomic E-state index is 11.5. The lowest BCUT2D eigenvalue weighted by molar-refractivity contribution is 0.0699. The van der Waals surface area contributed by atoms with Gasteiger partial charge in [0, 0.05) is 50.3 Å². The number of carbonyl (C=O) groups is 1. The second kappa shape index (κ2) is 6.50. The molecule has 1 saturated heterocycles. The highest BCUT2D eigenvalue weighted by Gasteiger charge is 2.15. The SMILES string of the molecule is Cn1cc(CCCN2CCNCC2)c2c(C(=O)O)cccc21. The molecule has 2 aromatic rings. The first-order valence-corrected chi connectivity index (χ1v) is 7.90. The summed E-state index contributed by atoms with van der Waals surface area (Å²) in [6, 6.07) is 5.50. The third kappa shape index (κ3) is 3.00. The molecule has 2 N–H and O–H groups in total. The zero-order valence-electron chi connectivity index (χ0n) is 13.0. The summed E-state index contributed by atoms with van der Waals surface area (Å²) in [5.74, 6) is -0.847. The minimum atomic E-state index is -0.847. The minimum absolute atomic E-state index is 0.412. The van der Waals surface area contributed by atoms with Gasteiger partial charge in [-0.15, -0.1) is 0 Å². The number of hydrogen-bond acceptors (Lipinski definition) is 3. The Bertz CT molecular complexity index is 672. The monoisotopic (exact) mass is 301 g/mol. The van der Waals surface area contributed by atoms with Gasteiger partial charge in [0.15, 0.2) is 0 Å². The molecule has 5 nitrogen and oxygen atoms in total. The van der Waals surface area contributed by atoms with Crippen LogP contribution in [-0.4, -0.2) is 53.3 Å². The Hall–Kier alpha value is -1.85. The predicted octanol–water partition coefficient (Wildman–Crippen LogP) is 1.71. The fraction of sp³-hybridized carbons (Fsp3) is 0.471. The van der Waals surface area contributed by atoms with Gasteiger partial charge in [-0.25, -0.2) is 4.79 Å². The molecule has 0 saturated carbocycles. The molecule has 1 aromatic carbocycles. The van der Waals surface area contributed by atoms with Gasteiger partial charge in [0.2, 0.25) is 0 Å². The van der Waals surface area contributed by atoms with Crippen LogP contribution in [0.4, 0.5) is 0 Å². The van der Waals surface area contributed by atoms with Crippen molar-refractivity contribution in [3.05, 3.63) is 35.5 Å². The van der Waals surface area contributed by atoms with E-state index < -0.39 is 5.97 Å². The predicted molar refractivity (Wildman–Crippen MR) is 87.5 cm³/mol. The van der Waals surface area contributed by atoms with E-state index in [4.69, 9.17) is 0 Å². The number of nitrogens with zero attached hydrogens (tertiary/aromatic N) is 2. The van der Waals surface area contributed by atoms with E-state index in [1.165, 1.54) is 0 Å². The Morgan fingerprint density at radius 2 is 2.09 bits per heavy atom. The molecule has 1 aromatic heterocycles. The van der Waals surface area contributed by atoms with Gasteiger partial charge in [-0.2, -0.15) is 0 Å². The first kappa shape index (κ1) is 15.1. The zero-order valence-corrected chi connectivity index (χ0v) is 13.0. The molecule has 1 aliphatic heterocycles. The van der Waals surface area contributed by atoms with Gasteiger partial charge in [0.1, 0.15) is 0 Å². The van der Waals surface area contributed by atoms with Crippen molar-refractivity contribution in [3.63, 3.8) is 0 Å². The van der Waals surface area contributed by atoms with Crippen molar-refractivity contribution in [2.45, 2.75) is 12.8 Å². The molecular formula is C17H23N3O2. The minimum Gasteiger partial charge on any atom is -0.478 e. The molecular weight excluding hydrogens is 278 g/mol. The van der Waals surface area contributed by atoms with Crippen LogP contribution in [-0.2, 0) is 13.5 Å². The Morgan fingerprint density at radius 1 is 1.32 bits per heavy atom. The van der Waals surface area contributed by atoms with Gasteiger partial charge in [-0.1, -0.05) is 6.07 Å². The third-order valence-corrected chi connectivity index (χ3v) is 4.45. The zero-order chi connectivity index (χ0) is 15.5. The summed E-state index contributed by atoms with van der Waals surface area (Å²) in [6.07, 6.45) is 4.06. The van der Waals surface area contributed by atoms with E-state index in [1.54, 1.807) is 6.07 Å². The van der Waals surface area contributed by atoms with E-state index in [2.05, 4.69) is 16.4 Å². The van der Waals surface area contributed by atoms with Crippen LogP contribution in [0.1, 0.15) is 22.3 Å². The van der Waals surface area contributed by atoms with Crippen LogP contribution in [0.5, 0.6) is 0 Å². The molecule has 1 fully saturated rings. The summed E-state index contributed by atoms with van der Waals surface area (Å²) >= 11 is 0. The summed E-state index contributed by atoms with van der Waals surface area (Å²) in [5.41, 5.74) is 2.55. The standard InChI is InChI=1S/C17H23N3O2/c1-19-12-13(4-3-9-20-10-7-18-8-11-20)16-14(17(21)22)5-2-6-15(16)19/h2,5-6,12,18H,3-4,7-11H2,1H3,(H,21,22). The summed E-state index contributed by atoms with van der Waals surface area (Å²) in [7, 11) is 1.98. The van der Waals surface area contributed by atoms with Crippen LogP contribution in [0.15, 0.2) is 24.4 Å². The number of benzene rings is 1. The molecule has 0 atom stereocenters. The Balaban J connectivity index is 1.77. The molecule has 0 spiro atoms. The number of rotatable bonds is 5. The van der Waals surface area contributed by atoms with Gasteiger partial charge in [-0.05, 0) is 37.1 Å². The second-order valence-electron chi connectivity index (χ2n) is 5.97. The molecule has 118 valence electrons. The number of carboxylic acid groups (broad SMARTS) is 1. The molecule has 0 radical (unpaired) electrons. The summed E-state index contributed by atoms with van der Waals surface area (Å²) in [6.45, 7) is 5.42. The maximum absolute atomic E-state index is 11.5. The van der Waals surface area contributed by atoms with Gasteiger partial charge in [0.25, 0.3) is 0 Å². The summed E-state index contributed by atoms with van der Waals surface area (Å²) < 4.78 is 2.03. The van der Waals surface area contributed by atoms with Crippen LogP contribution in [0.25, 0.3) is 10.9 Å². The van der Waals surface area contributed by atoms with E-state index in [0.717, 1.165) is 62.0 Å². The Kier molecular flexibility index (Phi) is 4.45. The molecule has 0 aliphatic carbocycles. The number of aryl methyl sites for hydroxylation is 2. The fourth-order valence-corrected chi connectivity index (χ4v) is 3.34. The molecule has 3 rings (SSSR count). The van der Waals surface area contributed by atoms with Crippen molar-refractivity contribution in [2.24, 2.45) is 7.05 Å². The van der Waals surface area contributed by atoms with Crippen LogP contribution in [0.2, 0.25) is 0 Å². The third-order valence-electron chi connectivity index (χ3n) is 4.45. The van der Waals surface area contributed by atoms with Crippen LogP contribution >= 0.6 is 0 Å². The topological polar surface area (TPSA) is 57.5 Å². The van der Waals surface area contributed by atoms with Crippen molar-refractivity contribution in [1.29, 1.82) is 0 Å². The number of fused-ring (bicyclic) bond motifs is 1. The van der Waals surface area contributed by atoms with Crippen molar-refractivity contribution >= 4 is 16.9 Å². The van der Waals surface area contributed by atoms with E-state index in [9.17, 15) is 9.90 Å². The van der Waals surface area contributed by atoms with Crippen molar-refractivity contribution in [3.8, 4) is 0 Å². The molecule has 0 bridgehead atoms. The first-order chi connectivity index (χ1) is 10.7. The highest BCUT2D eigenvalue weighted by Crippen LogP contribution is 2.26. The molecule has 22 heavy (non-hydrogen) atoms. The van der Waals surface area contributed by atoms with E-state index >= 15 is 0 Å². The normalized spacial score (nSPS) is 16.2. The average molecular weight is 301 g/mol. The van der Waals surface area contributed by atoms with Gasteiger partial charge >= 0.3 is 5.97 Å². The van der Waals surface area contributed by atoms with E-state index in [0.29, 0.717) is 5.56 Å². The Morgan fingerprint density at radius 3 is 2.82 bits per heavy atom. The highest BCUT2D eigenvalue weighted by atomic mass is 16.4. The smallest absolute Gasteiger partial charge is 0.336 e. The number of piperazine rings is 1. The Labute approximate surface area is 130 Å². The number of carboxylic acids is 1. The number of nitrogens with one attached hydrogen (secondary N) is 1. The number of hydrogen-bond donors (Lipinski definition) is 2. The maximum Gasteiger partial charge on any atom is 0.336 e. The number of aromatic nitrogens is 1. The first-order valence-electron chi connectivity index (χ1n) is 7.90. The van der Waals surface area contributed by atoms with Crippen LogP contribution in [0, 0.1) is 0 Å². The van der Waals surface area contributed by atoms with E-state index in [1.807, 2.05) is 23.7 Å². The lowest BCUT2D eigenvalue weighted by Crippen LogP contribution is -2.43. The molecule has 1 aliphatic rings. The molecule has 0 amide bonds. The molecule has 0 unspecified atom stereocenters. The average Bonchev–Trinajstić information content (AvgIpc) is 2.85. The second-order valence-corrected chi connectivity index (χ2v) is 5.97. The highest BCUT2D eigenvalue weighted by molar-refractivity contribution is 6.04. The van der Waals surface area contributed by atoms with Crippen molar-refractivity contribution in [1.82, 2.24) is 14.8 Å². The lowest BCUT2D eigenvalue weighted by Gasteiger charge is -2.27. The summed E-state index contributed by atoms with van der Waals surface area (Å²) in [4.78, 5) is 13.9. The van der Waals surface area contributed by atoms with Gasteiger partial charge in [0.05, 0.1) is 5.56 Å². The van der Waals surface area contributed by atoms with Crippen molar-refractivity contribution in [2.75, 3.05) is 32.7 Å². The van der Waals surface area contributed by atoms with Gasteiger partial charge < -0.3 is 19.9 Å². The van der Waals surface area contributed by atoms with E-state index in [-0.39, 0.29) is 0 Å². The largest absolute Gasteiger partial charge is 0.478 e. The van der Waals surface area contributed by atoms with Crippen molar-refractivity contribution < 1.29 is 9.90 Å². The summed E-state index contributed by atoms with van der Waals surface area (Å²) in [5, 5.41) is 13.7. The van der Waals surface area contributed by atoms with Gasteiger partial charge in [-0.3, -0.25) is 0 Å². The molecule has 2 heterocycles. The number of aromatic carboxylic acids is 1. The quantitative estimate of drug-likeness (QED) is 0.883. The lowest BCUT2D eigenvalue weighted by atomic mass is 10.0. The van der Waals surface area contributed by atoms with Crippen LogP contribution in [0.3, 0.4) is 0 Å². The fourth-order valence-electron chi connectivity index (χ4n) is 3.34. The van der Waals surface area contributed by atoms with Crippen LogP contribution < -0.4 is 5.32 Å².